The van der Waals surface area contributed by atoms with E-state index in [1.165, 1.54) is 12.8 Å². The molecule has 0 N–H and O–H groups in total. The fraction of sp³-hybridized carbons (Fsp3) is 0.875. The molecule has 0 spiro atoms. The topological polar surface area (TPSA) is 9.23 Å². The molecule has 0 aliphatic rings. The van der Waals surface area contributed by atoms with Crippen LogP contribution in [0.4, 0.5) is 0 Å². The summed E-state index contributed by atoms with van der Waals surface area (Å²) in [7, 11) is 0. The first-order chi connectivity index (χ1) is 4.41. The van der Waals surface area contributed by atoms with Crippen LogP contribution in [0.25, 0.3) is 0 Å². The van der Waals surface area contributed by atoms with Crippen LogP contribution in [0.15, 0.2) is 0 Å². The van der Waals surface area contributed by atoms with Crippen LogP contribution in [-0.4, -0.2) is 13.2 Å². The van der Waals surface area contributed by atoms with E-state index in [2.05, 4.69) is 13.3 Å². The van der Waals surface area contributed by atoms with Gasteiger partial charge < -0.3 is 4.74 Å². The van der Waals surface area contributed by atoms with E-state index in [0.717, 1.165) is 19.6 Å². The van der Waals surface area contributed by atoms with Crippen LogP contribution in [0, 0.1) is 6.42 Å². The van der Waals surface area contributed by atoms with Gasteiger partial charge >= 0.3 is 0 Å². The van der Waals surface area contributed by atoms with E-state index in [1.54, 1.807) is 0 Å². The second kappa shape index (κ2) is 7.96. The van der Waals surface area contributed by atoms with Crippen LogP contribution in [0.2, 0.25) is 0 Å². The minimum atomic E-state index is 0.847. The first-order valence-electron chi connectivity index (χ1n) is 3.81. The predicted octanol–water partition coefficient (Wildman–Crippen LogP) is 2.42. The lowest BCUT2D eigenvalue weighted by Crippen LogP contribution is -1.92. The fourth-order valence-corrected chi connectivity index (χ4v) is 0.659. The van der Waals surface area contributed by atoms with E-state index in [4.69, 9.17) is 4.74 Å². The number of unbranched alkanes of at least 4 members (excludes halogenated alkanes) is 3. The molecule has 0 aliphatic heterocycles. The molecule has 0 saturated carbocycles. The molecule has 0 aromatic carbocycles. The number of hydrogen-bond donors (Lipinski definition) is 0. The van der Waals surface area contributed by atoms with Crippen molar-refractivity contribution in [2.45, 2.75) is 33.1 Å². The van der Waals surface area contributed by atoms with Crippen LogP contribution in [0.1, 0.15) is 33.1 Å². The Morgan fingerprint density at radius 1 is 1.22 bits per heavy atom. The molecule has 1 heteroatoms. The van der Waals surface area contributed by atoms with E-state index >= 15 is 0 Å². The summed E-state index contributed by atoms with van der Waals surface area (Å²) < 4.78 is 5.15. The van der Waals surface area contributed by atoms with Crippen LogP contribution < -0.4 is 0 Å². The summed E-state index contributed by atoms with van der Waals surface area (Å²) in [5.74, 6) is 0. The summed E-state index contributed by atoms with van der Waals surface area (Å²) in [5.41, 5.74) is 0. The molecule has 1 radical (unpaired) electrons. The average Bonchev–Trinajstić information content (AvgIpc) is 1.89. The molecule has 0 bridgehead atoms. The Morgan fingerprint density at radius 3 is 2.56 bits per heavy atom. The Kier molecular flexibility index (Phi) is 7.92. The minimum absolute atomic E-state index is 0.847. The molecule has 0 saturated heterocycles. The van der Waals surface area contributed by atoms with Gasteiger partial charge in [-0.25, -0.2) is 0 Å². The minimum Gasteiger partial charge on any atom is -0.382 e. The van der Waals surface area contributed by atoms with Crippen LogP contribution >= 0.6 is 0 Å². The highest BCUT2D eigenvalue weighted by molar-refractivity contribution is 4.61. The molecule has 0 atom stereocenters. The number of ether oxygens (including phenoxy) is 1. The van der Waals surface area contributed by atoms with Crippen molar-refractivity contribution in [2.75, 3.05) is 13.2 Å². The maximum Gasteiger partial charge on any atom is 0.0468 e. The zero-order valence-electron chi connectivity index (χ0n) is 6.52. The first kappa shape index (κ1) is 8.96. The summed E-state index contributed by atoms with van der Waals surface area (Å²) in [4.78, 5) is 0. The summed E-state index contributed by atoms with van der Waals surface area (Å²) in [6.45, 7) is 5.97. The lowest BCUT2D eigenvalue weighted by atomic mass is 10.2. The molecule has 0 fully saturated rings. The van der Waals surface area contributed by atoms with E-state index in [-0.39, 0.29) is 0 Å². The second-order valence-electron chi connectivity index (χ2n) is 2.06. The van der Waals surface area contributed by atoms with Gasteiger partial charge in [-0.2, -0.15) is 0 Å². The van der Waals surface area contributed by atoms with Crippen molar-refractivity contribution in [1.82, 2.24) is 0 Å². The summed E-state index contributed by atoms with van der Waals surface area (Å²) in [6, 6.07) is 0. The van der Waals surface area contributed by atoms with E-state index in [9.17, 15) is 0 Å². The maximum absolute atomic E-state index is 5.15. The first-order valence-corrected chi connectivity index (χ1v) is 3.81. The molecule has 0 aromatic heterocycles. The van der Waals surface area contributed by atoms with E-state index < -0.39 is 0 Å². The Bertz CT molecular complexity index is 37.8. The van der Waals surface area contributed by atoms with Gasteiger partial charge in [0, 0.05) is 13.2 Å². The Balaban J connectivity index is 2.60. The van der Waals surface area contributed by atoms with E-state index in [1.807, 2.05) is 6.92 Å². The van der Waals surface area contributed by atoms with Crippen molar-refractivity contribution in [3.05, 3.63) is 6.42 Å². The largest absolute Gasteiger partial charge is 0.382 e. The van der Waals surface area contributed by atoms with Crippen molar-refractivity contribution in [2.24, 2.45) is 0 Å². The van der Waals surface area contributed by atoms with Crippen molar-refractivity contribution >= 4 is 0 Å². The molecular weight excluding hydrogens is 112 g/mol. The van der Waals surface area contributed by atoms with E-state index in [0.29, 0.717) is 0 Å². The van der Waals surface area contributed by atoms with Gasteiger partial charge in [-0.3, -0.25) is 0 Å². The third-order valence-electron chi connectivity index (χ3n) is 1.16. The van der Waals surface area contributed by atoms with Crippen LogP contribution in [0.3, 0.4) is 0 Å². The molecule has 0 aliphatic carbocycles. The van der Waals surface area contributed by atoms with Crippen LogP contribution in [0.5, 0.6) is 0 Å². The van der Waals surface area contributed by atoms with Crippen molar-refractivity contribution < 1.29 is 4.74 Å². The zero-order chi connectivity index (χ0) is 6.95. The quantitative estimate of drug-likeness (QED) is 0.500. The Morgan fingerprint density at radius 2 is 2.00 bits per heavy atom. The summed E-state index contributed by atoms with van der Waals surface area (Å²) >= 11 is 0. The smallest absolute Gasteiger partial charge is 0.0468 e. The molecule has 0 unspecified atom stereocenters. The monoisotopic (exact) mass is 129 g/mol. The van der Waals surface area contributed by atoms with Gasteiger partial charge in [-0.05, 0) is 19.8 Å². The van der Waals surface area contributed by atoms with Gasteiger partial charge in [0.1, 0.15) is 0 Å². The summed E-state index contributed by atoms with van der Waals surface area (Å²) in [6.07, 6.45) is 5.89. The summed E-state index contributed by atoms with van der Waals surface area (Å²) in [5, 5.41) is 0. The third-order valence-corrected chi connectivity index (χ3v) is 1.16. The van der Waals surface area contributed by atoms with Gasteiger partial charge in [-0.15, -0.1) is 0 Å². The fourth-order valence-electron chi connectivity index (χ4n) is 0.659. The molecule has 55 valence electrons. The molecule has 9 heavy (non-hydrogen) atoms. The molecule has 0 heterocycles. The zero-order valence-corrected chi connectivity index (χ0v) is 6.52. The molecular formula is C8H17O. The molecule has 1 nitrogen and oxygen atoms in total. The van der Waals surface area contributed by atoms with Crippen molar-refractivity contribution in [1.29, 1.82) is 0 Å². The molecule has 0 rings (SSSR count). The van der Waals surface area contributed by atoms with Gasteiger partial charge in [0.15, 0.2) is 0 Å². The maximum atomic E-state index is 5.15. The van der Waals surface area contributed by atoms with Gasteiger partial charge in [0.05, 0.1) is 0 Å². The molecule has 0 amide bonds. The predicted molar refractivity (Wildman–Crippen MR) is 40.3 cm³/mol. The van der Waals surface area contributed by atoms with Gasteiger partial charge in [0.25, 0.3) is 0 Å². The number of rotatable bonds is 6. The standard InChI is InChI=1S/C8H17O/c1-3-5-6-7-8-9-4-2/h6H,3-5,7-8H2,1-2H3. The van der Waals surface area contributed by atoms with Crippen molar-refractivity contribution in [3.63, 3.8) is 0 Å². The van der Waals surface area contributed by atoms with Gasteiger partial charge in [-0.1, -0.05) is 19.8 Å². The Labute approximate surface area is 58.4 Å². The SMILES string of the molecule is CCC[CH]CCOCC. The highest BCUT2D eigenvalue weighted by Gasteiger charge is 1.85. The average molecular weight is 129 g/mol. The lowest BCUT2D eigenvalue weighted by molar-refractivity contribution is 0.149. The second-order valence-corrected chi connectivity index (χ2v) is 2.06. The highest BCUT2D eigenvalue weighted by Crippen LogP contribution is 1.96. The highest BCUT2D eigenvalue weighted by atomic mass is 16.5. The number of hydrogen-bond acceptors (Lipinski definition) is 1. The normalized spacial score (nSPS) is 10.0. The van der Waals surface area contributed by atoms with Crippen LogP contribution in [-0.2, 0) is 4.74 Å². The lowest BCUT2D eigenvalue weighted by Gasteiger charge is -1.98. The van der Waals surface area contributed by atoms with Crippen molar-refractivity contribution in [3.8, 4) is 0 Å². The van der Waals surface area contributed by atoms with Gasteiger partial charge in [0.2, 0.25) is 0 Å². The third kappa shape index (κ3) is 7.96. The Hall–Kier alpha value is -0.0400. The molecule has 0 aromatic rings.